The molecular weight excluding hydrogens is 348 g/mol. The number of benzene rings is 1. The Labute approximate surface area is 157 Å². The molecule has 7 nitrogen and oxygen atoms in total. The quantitative estimate of drug-likeness (QED) is 0.752. The molecule has 1 unspecified atom stereocenters. The molecule has 0 saturated carbocycles. The number of hydrogen-bond acceptors (Lipinski definition) is 6. The van der Waals surface area contributed by atoms with Gasteiger partial charge in [-0.05, 0) is 50.1 Å². The van der Waals surface area contributed by atoms with E-state index in [1.165, 1.54) is 6.92 Å². The van der Waals surface area contributed by atoms with Gasteiger partial charge in [0.25, 0.3) is 5.56 Å². The van der Waals surface area contributed by atoms with Crippen molar-refractivity contribution >= 4 is 5.78 Å². The fraction of sp³-hybridized carbons (Fsp3) is 0.350. The molecule has 0 radical (unpaired) electrons. The van der Waals surface area contributed by atoms with Crippen molar-refractivity contribution < 1.29 is 19.4 Å². The van der Waals surface area contributed by atoms with Gasteiger partial charge in [-0.3, -0.25) is 14.2 Å². The fourth-order valence-corrected chi connectivity index (χ4v) is 2.74. The summed E-state index contributed by atoms with van der Waals surface area (Å²) in [7, 11) is 1.55. The zero-order valence-corrected chi connectivity index (χ0v) is 15.8. The molecule has 0 spiro atoms. The van der Waals surface area contributed by atoms with Gasteiger partial charge in [0.05, 0.1) is 12.7 Å². The number of carbonyl (C=O) groups excluding carboxylic acids is 1. The maximum Gasteiger partial charge on any atom is 0.271 e. The Bertz CT molecular complexity index is 939. The standard InChI is InChI=1S/C20H22N2O5/c1-5-12(2)22-19(24)16(10-21)13(3)18(20(22)25)17(23)11-27-15-8-6-14(26-4)7-9-15/h6-9,12,25H,5,11H2,1-4H3. The van der Waals surface area contributed by atoms with Crippen LogP contribution < -0.4 is 15.0 Å². The molecule has 0 aliphatic heterocycles. The summed E-state index contributed by atoms with van der Waals surface area (Å²) in [6.45, 7) is 4.71. The van der Waals surface area contributed by atoms with E-state index in [1.807, 2.05) is 13.0 Å². The molecule has 0 fully saturated rings. The van der Waals surface area contributed by atoms with Crippen LogP contribution in [-0.4, -0.2) is 29.2 Å². The van der Waals surface area contributed by atoms with E-state index in [2.05, 4.69) is 0 Å². The van der Waals surface area contributed by atoms with Gasteiger partial charge in [-0.1, -0.05) is 6.92 Å². The Balaban J connectivity index is 2.39. The van der Waals surface area contributed by atoms with Gasteiger partial charge >= 0.3 is 0 Å². The molecule has 142 valence electrons. The average Bonchev–Trinajstić information content (AvgIpc) is 2.66. The summed E-state index contributed by atoms with van der Waals surface area (Å²) in [5, 5.41) is 19.9. The van der Waals surface area contributed by atoms with Crippen LogP contribution in [0.3, 0.4) is 0 Å². The van der Waals surface area contributed by atoms with Crippen molar-refractivity contribution in [1.82, 2.24) is 4.57 Å². The van der Waals surface area contributed by atoms with Crippen molar-refractivity contribution in [3.05, 3.63) is 51.3 Å². The van der Waals surface area contributed by atoms with Gasteiger partial charge in [-0.2, -0.15) is 5.26 Å². The maximum atomic E-state index is 12.7. The van der Waals surface area contributed by atoms with Crippen LogP contribution in [0.25, 0.3) is 0 Å². The van der Waals surface area contributed by atoms with Gasteiger partial charge in [0, 0.05) is 6.04 Å². The van der Waals surface area contributed by atoms with Crippen molar-refractivity contribution in [2.75, 3.05) is 13.7 Å². The van der Waals surface area contributed by atoms with E-state index in [9.17, 15) is 20.0 Å². The van der Waals surface area contributed by atoms with Gasteiger partial charge in [-0.25, -0.2) is 0 Å². The number of ether oxygens (including phenoxy) is 2. The second-order valence-electron chi connectivity index (χ2n) is 6.13. The third kappa shape index (κ3) is 3.95. The number of aromatic hydroxyl groups is 1. The molecule has 0 bridgehead atoms. The molecule has 0 amide bonds. The third-order valence-electron chi connectivity index (χ3n) is 4.49. The SMILES string of the molecule is CCC(C)n1c(O)c(C(=O)COc2ccc(OC)cc2)c(C)c(C#N)c1=O. The lowest BCUT2D eigenvalue weighted by Gasteiger charge is -2.19. The number of hydrogen-bond donors (Lipinski definition) is 1. The molecule has 0 aliphatic carbocycles. The van der Waals surface area contributed by atoms with E-state index in [1.54, 1.807) is 38.3 Å². The number of Topliss-reactive ketones (excluding diaryl/α,β-unsaturated/α-hetero) is 1. The number of nitriles is 1. The van der Waals surface area contributed by atoms with Crippen LogP contribution in [0.4, 0.5) is 0 Å². The first-order valence-corrected chi connectivity index (χ1v) is 8.53. The molecule has 0 aliphatic rings. The first-order valence-electron chi connectivity index (χ1n) is 8.53. The molecule has 2 rings (SSSR count). The van der Waals surface area contributed by atoms with E-state index in [0.29, 0.717) is 17.9 Å². The van der Waals surface area contributed by atoms with Gasteiger partial charge in [-0.15, -0.1) is 0 Å². The lowest BCUT2D eigenvalue weighted by molar-refractivity contribution is 0.0916. The zero-order chi connectivity index (χ0) is 20.1. The third-order valence-corrected chi connectivity index (χ3v) is 4.49. The average molecular weight is 370 g/mol. The van der Waals surface area contributed by atoms with Crippen LogP contribution in [0.2, 0.25) is 0 Å². The fourth-order valence-electron chi connectivity index (χ4n) is 2.74. The summed E-state index contributed by atoms with van der Waals surface area (Å²) in [5.74, 6) is 0.155. The van der Waals surface area contributed by atoms with Crippen molar-refractivity contribution in [3.63, 3.8) is 0 Å². The molecular formula is C20H22N2O5. The minimum Gasteiger partial charge on any atom is -0.497 e. The number of nitrogens with zero attached hydrogens (tertiary/aromatic N) is 2. The van der Waals surface area contributed by atoms with Crippen molar-refractivity contribution in [2.24, 2.45) is 0 Å². The lowest BCUT2D eigenvalue weighted by atomic mass is 10.0. The second kappa shape index (κ2) is 8.41. The normalized spacial score (nSPS) is 11.5. The number of pyridine rings is 1. The predicted molar refractivity (Wildman–Crippen MR) is 99.6 cm³/mol. The Hall–Kier alpha value is -3.27. The van der Waals surface area contributed by atoms with E-state index in [0.717, 1.165) is 4.57 Å². The molecule has 0 saturated heterocycles. The maximum absolute atomic E-state index is 12.7. The van der Waals surface area contributed by atoms with Gasteiger partial charge in [0.15, 0.2) is 6.61 Å². The smallest absolute Gasteiger partial charge is 0.271 e. The van der Waals surface area contributed by atoms with E-state index < -0.39 is 17.2 Å². The highest BCUT2D eigenvalue weighted by Gasteiger charge is 2.25. The van der Waals surface area contributed by atoms with Crippen LogP contribution in [0.15, 0.2) is 29.1 Å². The van der Waals surface area contributed by atoms with E-state index in [4.69, 9.17) is 9.47 Å². The molecule has 27 heavy (non-hydrogen) atoms. The second-order valence-corrected chi connectivity index (χ2v) is 6.13. The molecule has 1 aromatic carbocycles. The molecule has 7 heteroatoms. The van der Waals surface area contributed by atoms with Crippen molar-refractivity contribution in [1.29, 1.82) is 5.26 Å². The number of carbonyl (C=O) groups is 1. The molecule has 1 aromatic heterocycles. The van der Waals surface area contributed by atoms with Crippen LogP contribution in [0.5, 0.6) is 17.4 Å². The highest BCUT2D eigenvalue weighted by atomic mass is 16.5. The largest absolute Gasteiger partial charge is 0.497 e. The van der Waals surface area contributed by atoms with E-state index >= 15 is 0 Å². The summed E-state index contributed by atoms with van der Waals surface area (Å²) < 4.78 is 11.6. The summed E-state index contributed by atoms with van der Waals surface area (Å²) in [4.78, 5) is 25.2. The number of aromatic nitrogens is 1. The van der Waals surface area contributed by atoms with Gasteiger partial charge in [0.2, 0.25) is 11.7 Å². The van der Waals surface area contributed by atoms with Gasteiger partial charge in [0.1, 0.15) is 23.1 Å². The Kier molecular flexibility index (Phi) is 6.24. The topological polar surface area (TPSA) is 102 Å². The van der Waals surface area contributed by atoms with Gasteiger partial charge < -0.3 is 14.6 Å². The van der Waals surface area contributed by atoms with Crippen molar-refractivity contribution in [2.45, 2.75) is 33.2 Å². The highest BCUT2D eigenvalue weighted by molar-refractivity contribution is 6.01. The van der Waals surface area contributed by atoms with Crippen LogP contribution >= 0.6 is 0 Å². The molecule has 1 N–H and O–H groups in total. The minimum atomic E-state index is -0.602. The van der Waals surface area contributed by atoms with Crippen LogP contribution in [0, 0.1) is 18.3 Å². The lowest BCUT2D eigenvalue weighted by Crippen LogP contribution is -2.29. The predicted octanol–water partition coefficient (Wildman–Crippen LogP) is 2.98. The first kappa shape index (κ1) is 20.0. The van der Waals surface area contributed by atoms with Crippen LogP contribution in [-0.2, 0) is 0 Å². The van der Waals surface area contributed by atoms with Crippen molar-refractivity contribution in [3.8, 4) is 23.4 Å². The van der Waals surface area contributed by atoms with E-state index in [-0.39, 0.29) is 29.3 Å². The monoisotopic (exact) mass is 370 g/mol. The zero-order valence-electron chi connectivity index (χ0n) is 15.8. The molecule has 2 aromatic rings. The summed E-state index contributed by atoms with van der Waals surface area (Å²) in [6.07, 6.45) is 0.553. The summed E-state index contributed by atoms with van der Waals surface area (Å²) in [6, 6.07) is 8.17. The molecule has 1 atom stereocenters. The number of ketones is 1. The number of rotatable bonds is 7. The Morgan fingerprint density at radius 1 is 1.30 bits per heavy atom. The summed E-state index contributed by atoms with van der Waals surface area (Å²) in [5.41, 5.74) is -0.668. The first-order chi connectivity index (χ1) is 12.8. The minimum absolute atomic E-state index is 0.0695. The number of methoxy groups -OCH3 is 1. The highest BCUT2D eigenvalue weighted by Crippen LogP contribution is 2.26. The Morgan fingerprint density at radius 3 is 2.41 bits per heavy atom. The molecule has 1 heterocycles. The Morgan fingerprint density at radius 2 is 1.89 bits per heavy atom. The van der Waals surface area contributed by atoms with Crippen LogP contribution in [0.1, 0.15) is 47.8 Å². The summed E-state index contributed by atoms with van der Waals surface area (Å²) >= 11 is 0.